The van der Waals surface area contributed by atoms with Crippen molar-refractivity contribution < 1.29 is 49.7 Å². The van der Waals surface area contributed by atoms with Crippen molar-refractivity contribution in [3.05, 3.63) is 150 Å². The molecule has 462 valence electrons. The van der Waals surface area contributed by atoms with Gasteiger partial charge in [0.2, 0.25) is 11.2 Å². The quantitative estimate of drug-likeness (QED) is 0.0499. The highest BCUT2D eigenvalue weighted by molar-refractivity contribution is 8.77. The number of aldehydes is 1. The van der Waals surface area contributed by atoms with E-state index in [1.165, 1.54) is 17.2 Å². The van der Waals surface area contributed by atoms with Gasteiger partial charge in [0, 0.05) is 89.0 Å². The van der Waals surface area contributed by atoms with Gasteiger partial charge < -0.3 is 55.0 Å². The van der Waals surface area contributed by atoms with Crippen LogP contribution >= 0.6 is 64.8 Å². The number of carbonyl (C=O) groups excluding carboxylic acids is 1. The van der Waals surface area contributed by atoms with Gasteiger partial charge in [-0.05, 0) is 172 Å². The van der Waals surface area contributed by atoms with E-state index in [1.54, 1.807) is 43.2 Å². The molecule has 12 atom stereocenters. The minimum absolute atomic E-state index is 0.0196. The third-order valence-electron chi connectivity index (χ3n) is 20.0. The number of hydrogen-bond acceptors (Lipinski definition) is 18. The van der Waals surface area contributed by atoms with Crippen LogP contribution in [0.5, 0.6) is 23.0 Å². The lowest BCUT2D eigenvalue weighted by atomic mass is 9.65. The molecule has 0 radical (unpaired) electrons. The van der Waals surface area contributed by atoms with Crippen molar-refractivity contribution in [3.8, 4) is 45.4 Å². The molecule has 8 N–H and O–H groups in total. The van der Waals surface area contributed by atoms with E-state index in [1.807, 2.05) is 27.7 Å². The molecule has 12 nitrogen and oxygen atoms in total. The summed E-state index contributed by atoms with van der Waals surface area (Å²) in [5.74, 6) is 1.59. The van der Waals surface area contributed by atoms with Gasteiger partial charge in [-0.2, -0.15) is 0 Å². The summed E-state index contributed by atoms with van der Waals surface area (Å²) in [6.07, 6.45) is 4.69. The Morgan fingerprint density at radius 3 is 2.42 bits per heavy atom. The molecule has 6 heterocycles. The number of benzene rings is 6. The van der Waals surface area contributed by atoms with Gasteiger partial charge in [0.1, 0.15) is 40.6 Å². The normalized spacial score (nSPS) is 27.5. The second-order valence-electron chi connectivity index (χ2n) is 25.9. The van der Waals surface area contributed by atoms with Crippen molar-refractivity contribution in [1.82, 2.24) is 5.32 Å². The number of aromatic hydroxyl groups is 3. The summed E-state index contributed by atoms with van der Waals surface area (Å²) in [7, 11) is 10.4. The number of phenolic OH excluding ortho intramolecular Hbond substituents is 2. The second kappa shape index (κ2) is 25.6. The highest BCUT2D eigenvalue weighted by Crippen LogP contribution is 2.62. The molecule has 1 aromatic heterocycles. The zero-order chi connectivity index (χ0) is 60.6. The Hall–Kier alpha value is -4.44. The topological polar surface area (TPSA) is 210 Å². The predicted molar refractivity (Wildman–Crippen MR) is 362 cm³/mol. The molecule has 2 saturated heterocycles. The van der Waals surface area contributed by atoms with Crippen molar-refractivity contribution >= 4 is 92.8 Å². The molecule has 7 aliphatic rings. The van der Waals surface area contributed by atoms with Crippen molar-refractivity contribution in [2.24, 2.45) is 17.8 Å². The molecule has 5 aliphatic heterocycles. The zero-order valence-electron chi connectivity index (χ0n) is 49.3. The second-order valence-corrected chi connectivity index (χ2v) is 33.7. The molecular weight excluding hydrogens is 1220 g/mol. The zero-order valence-corrected chi connectivity index (χ0v) is 54.2. The summed E-state index contributed by atoms with van der Waals surface area (Å²) in [5.41, 5.74) is 10.9. The summed E-state index contributed by atoms with van der Waals surface area (Å²) in [4.78, 5) is 28.1. The number of nitrogens with one attached hydrogen (secondary N) is 1. The fourth-order valence-corrected chi connectivity index (χ4v) is 24.3. The number of fused-ring (bicyclic) bond motifs is 15. The van der Waals surface area contributed by atoms with E-state index < -0.39 is 35.4 Å². The fraction of sp³-hybridized carbons (Fsp3) is 0.457. The summed E-state index contributed by atoms with van der Waals surface area (Å²) in [6.45, 7) is 4.16. The minimum Gasteiger partial charge on any atom is -0.507 e. The molecule has 6 aromatic carbocycles. The van der Waals surface area contributed by atoms with Crippen LogP contribution in [0, 0.1) is 17.8 Å². The lowest BCUT2D eigenvalue weighted by Crippen LogP contribution is -2.50. The standard InChI is InChI=1S/C70H75NO11S6/c1-34(2)19-42-25-48(51-32-86-87-57-26-41-22-35-7-3-9-37(20-35)43(30-74)31-84-85-33-52(41)71-63(57)40-10-4-8-36(21-40)23-47(51)64(42)77)68-67(80)66(79)62-56(82-68)29-54(76)60-49-27-46-44(15-17-73)38(11-5-16-72)24-39-13-14-45-61(58(39)46)59(49)50-28-55(81-69(60)62)53(75)12-6-18-83-88-70(45)65(50)78/h3-4,7-10,13-14,20-21,25,27,29-30,34,38,41,43-44,50,52-53,55,57,63,65,70-73,75-78,80H,5-6,11-12,15-19,22-24,26,28,31-33H2,1-2H3. The van der Waals surface area contributed by atoms with Crippen LogP contribution in [0.25, 0.3) is 44.2 Å². The SMILES string of the molecule is CC(C)Cc1cc(-c2oc3cc(O)c4c(c3c(=O)c2O)OC2CC3c5c-4cc4c6c(ccc(c56)C(SSCCCC2O)C3O)CC(CCCO)C4CCO)c2c(c1O)Cc1cccc(c1)C1NC3CSSCC(C=O)c4cccc(c4)CC3CC1SSC2. The number of phenols is 2. The fourth-order valence-electron chi connectivity index (χ4n) is 15.9. The first kappa shape index (κ1) is 61.1. The van der Waals surface area contributed by atoms with Crippen LogP contribution in [0.3, 0.4) is 0 Å². The lowest BCUT2D eigenvalue weighted by Gasteiger charge is -2.43. The van der Waals surface area contributed by atoms with Crippen molar-refractivity contribution in [2.75, 3.05) is 30.5 Å². The molecule has 0 saturated carbocycles. The first-order valence-electron chi connectivity index (χ1n) is 31.3. The van der Waals surface area contributed by atoms with Crippen LogP contribution in [0.1, 0.15) is 149 Å². The number of piperidine rings is 1. The van der Waals surface area contributed by atoms with Gasteiger partial charge in [0.05, 0.1) is 23.0 Å². The summed E-state index contributed by atoms with van der Waals surface area (Å²) < 4.78 is 14.1. The van der Waals surface area contributed by atoms with E-state index in [9.17, 15) is 40.5 Å². The van der Waals surface area contributed by atoms with Gasteiger partial charge >= 0.3 is 0 Å². The maximum atomic E-state index is 15.8. The average molecular weight is 1300 g/mol. The highest BCUT2D eigenvalue weighted by Gasteiger charge is 2.47. The van der Waals surface area contributed by atoms with Crippen LogP contribution in [-0.2, 0) is 36.2 Å². The first-order valence-corrected chi connectivity index (χ1v) is 38.6. The molecule has 12 unspecified atom stereocenters. The Bertz CT molecular complexity index is 3910. The van der Waals surface area contributed by atoms with Crippen molar-refractivity contribution in [3.63, 3.8) is 0 Å². The van der Waals surface area contributed by atoms with Gasteiger partial charge in [0.15, 0.2) is 5.76 Å². The third kappa shape index (κ3) is 11.1. The van der Waals surface area contributed by atoms with Gasteiger partial charge in [-0.25, -0.2) is 0 Å². The lowest BCUT2D eigenvalue weighted by molar-refractivity contribution is -0.108. The van der Waals surface area contributed by atoms with Crippen LogP contribution in [0.2, 0.25) is 0 Å². The van der Waals surface area contributed by atoms with E-state index >= 15 is 4.79 Å². The van der Waals surface area contributed by atoms with E-state index in [4.69, 9.17) is 9.15 Å². The summed E-state index contributed by atoms with van der Waals surface area (Å²) in [6, 6.07) is 27.1. The molecule has 88 heavy (non-hydrogen) atoms. The minimum atomic E-state index is -1.02. The van der Waals surface area contributed by atoms with Gasteiger partial charge in [0.25, 0.3) is 0 Å². The Kier molecular flexibility index (Phi) is 17.7. The maximum Gasteiger partial charge on any atom is 0.238 e. The smallest absolute Gasteiger partial charge is 0.238 e. The molecule has 7 bridgehead atoms. The van der Waals surface area contributed by atoms with Crippen LogP contribution in [0.15, 0.2) is 88.1 Å². The monoisotopic (exact) mass is 1300 g/mol. The average Bonchev–Trinajstić information content (AvgIpc) is 0.839. The van der Waals surface area contributed by atoms with E-state index in [0.29, 0.717) is 72.4 Å². The predicted octanol–water partition coefficient (Wildman–Crippen LogP) is 14.0. The maximum absolute atomic E-state index is 15.8. The summed E-state index contributed by atoms with van der Waals surface area (Å²) >= 11 is 0. The van der Waals surface area contributed by atoms with Crippen LogP contribution in [-0.4, -0.2) is 102 Å². The van der Waals surface area contributed by atoms with Crippen molar-refractivity contribution in [1.29, 1.82) is 0 Å². The molecule has 14 rings (SSSR count). The van der Waals surface area contributed by atoms with Gasteiger partial charge in [-0.3, -0.25) is 4.79 Å². The summed E-state index contributed by atoms with van der Waals surface area (Å²) in [5, 5.41) is 90.2. The first-order chi connectivity index (χ1) is 42.8. The van der Waals surface area contributed by atoms with Gasteiger partial charge in [-0.1, -0.05) is 139 Å². The van der Waals surface area contributed by atoms with Crippen LogP contribution in [0.4, 0.5) is 0 Å². The molecule has 2 fully saturated rings. The van der Waals surface area contributed by atoms with E-state index in [-0.39, 0.29) is 105 Å². The van der Waals surface area contributed by atoms with E-state index in [2.05, 4.69) is 85.9 Å². The van der Waals surface area contributed by atoms with Gasteiger partial charge in [-0.15, -0.1) is 0 Å². The molecule has 7 aromatic rings. The molecule has 0 spiro atoms. The Morgan fingerprint density at radius 2 is 1.60 bits per heavy atom. The number of rotatable bonds is 9. The number of ether oxygens (including phenoxy) is 1. The Labute approximate surface area is 536 Å². The highest BCUT2D eigenvalue weighted by atomic mass is 33.1. The third-order valence-corrected chi connectivity index (χ3v) is 28.1. The van der Waals surface area contributed by atoms with Crippen LogP contribution < -0.4 is 15.5 Å². The molecule has 2 aliphatic carbocycles. The molecular formula is C70H75NO11S6. The number of aliphatic hydroxyl groups is 4. The molecule has 0 amide bonds. The Morgan fingerprint density at radius 1 is 0.784 bits per heavy atom. The number of aliphatic hydroxyl groups excluding tert-OH is 4. The number of hydrogen-bond donors (Lipinski definition) is 8. The Balaban J connectivity index is 0.927. The number of carbonyl (C=O) groups is 1. The van der Waals surface area contributed by atoms with E-state index in [0.717, 1.165) is 98.9 Å². The molecule has 18 heteroatoms. The van der Waals surface area contributed by atoms with Crippen molar-refractivity contribution in [2.45, 2.75) is 149 Å². The largest absolute Gasteiger partial charge is 0.507 e.